The molecular formula is C22H42. The summed E-state index contributed by atoms with van der Waals surface area (Å²) in [6, 6.07) is 0. The van der Waals surface area contributed by atoms with E-state index < -0.39 is 0 Å². The van der Waals surface area contributed by atoms with Crippen LogP contribution in [0.4, 0.5) is 0 Å². The van der Waals surface area contributed by atoms with E-state index in [2.05, 4.69) is 6.92 Å². The lowest BCUT2D eigenvalue weighted by molar-refractivity contribution is 0.148. The van der Waals surface area contributed by atoms with Gasteiger partial charge in [-0.25, -0.2) is 0 Å². The molecular weight excluding hydrogens is 264 g/mol. The molecule has 0 unspecified atom stereocenters. The molecule has 2 saturated carbocycles. The fourth-order valence-electron chi connectivity index (χ4n) is 5.32. The zero-order valence-corrected chi connectivity index (χ0v) is 15.5. The monoisotopic (exact) mass is 306 g/mol. The molecule has 130 valence electrons. The van der Waals surface area contributed by atoms with Crippen molar-refractivity contribution < 1.29 is 0 Å². The first-order chi connectivity index (χ1) is 10.9. The van der Waals surface area contributed by atoms with E-state index in [-0.39, 0.29) is 0 Å². The quantitative estimate of drug-likeness (QED) is 0.437. The van der Waals surface area contributed by atoms with Gasteiger partial charge >= 0.3 is 0 Å². The third-order valence-corrected chi connectivity index (χ3v) is 6.65. The zero-order valence-electron chi connectivity index (χ0n) is 15.5. The minimum atomic E-state index is 1.08. The van der Waals surface area contributed by atoms with Crippen molar-refractivity contribution >= 4 is 0 Å². The highest BCUT2D eigenvalue weighted by Crippen LogP contribution is 2.40. The lowest BCUT2D eigenvalue weighted by atomic mass is 9.69. The lowest BCUT2D eigenvalue weighted by Crippen LogP contribution is -2.25. The Labute approximate surface area is 140 Å². The Morgan fingerprint density at radius 1 is 0.591 bits per heavy atom. The summed E-state index contributed by atoms with van der Waals surface area (Å²) in [5.41, 5.74) is 0. The van der Waals surface area contributed by atoms with Crippen molar-refractivity contribution in [3.8, 4) is 0 Å². The largest absolute Gasteiger partial charge is 0.0654 e. The Morgan fingerprint density at radius 3 is 1.41 bits per heavy atom. The van der Waals surface area contributed by atoms with Crippen LogP contribution in [0, 0.1) is 17.8 Å². The van der Waals surface area contributed by atoms with Crippen molar-refractivity contribution in [3.63, 3.8) is 0 Å². The highest BCUT2D eigenvalue weighted by atomic mass is 14.3. The molecule has 0 heterocycles. The first kappa shape index (κ1) is 18.3. The van der Waals surface area contributed by atoms with Crippen LogP contribution in [0.25, 0.3) is 0 Å². The summed E-state index contributed by atoms with van der Waals surface area (Å²) in [4.78, 5) is 0. The number of hydrogen-bond donors (Lipinski definition) is 0. The van der Waals surface area contributed by atoms with E-state index in [0.29, 0.717) is 0 Å². The van der Waals surface area contributed by atoms with Gasteiger partial charge in [0.25, 0.3) is 0 Å². The van der Waals surface area contributed by atoms with Crippen molar-refractivity contribution in [2.45, 2.75) is 122 Å². The van der Waals surface area contributed by atoms with Crippen molar-refractivity contribution in [2.24, 2.45) is 17.8 Å². The summed E-state index contributed by atoms with van der Waals surface area (Å²) >= 11 is 0. The molecule has 0 amide bonds. The molecule has 0 radical (unpaired) electrons. The first-order valence-electron chi connectivity index (χ1n) is 10.9. The Balaban J connectivity index is 1.95. The van der Waals surface area contributed by atoms with Crippen LogP contribution >= 0.6 is 0 Å². The van der Waals surface area contributed by atoms with E-state index in [0.717, 1.165) is 17.8 Å². The second-order valence-electron chi connectivity index (χ2n) is 8.37. The van der Waals surface area contributed by atoms with E-state index in [4.69, 9.17) is 0 Å². The van der Waals surface area contributed by atoms with Crippen LogP contribution < -0.4 is 0 Å². The Morgan fingerprint density at radius 2 is 1.00 bits per heavy atom. The van der Waals surface area contributed by atoms with Crippen LogP contribution in [0.15, 0.2) is 0 Å². The molecule has 2 aliphatic rings. The van der Waals surface area contributed by atoms with Gasteiger partial charge in [0.2, 0.25) is 0 Å². The SMILES string of the molecule is CCCCCC(C1CCCCCCC1)C1CCCCCCC1. The van der Waals surface area contributed by atoms with E-state index in [1.165, 1.54) is 83.5 Å². The van der Waals surface area contributed by atoms with Gasteiger partial charge in [0.15, 0.2) is 0 Å². The van der Waals surface area contributed by atoms with E-state index in [1.807, 2.05) is 0 Å². The predicted molar refractivity (Wildman–Crippen MR) is 99.3 cm³/mol. The fourth-order valence-corrected chi connectivity index (χ4v) is 5.32. The minimum absolute atomic E-state index is 1.08. The molecule has 0 heteroatoms. The van der Waals surface area contributed by atoms with Gasteiger partial charge in [0.05, 0.1) is 0 Å². The third-order valence-electron chi connectivity index (χ3n) is 6.65. The smallest absolute Gasteiger partial charge is 0.0357 e. The lowest BCUT2D eigenvalue weighted by Gasteiger charge is -2.36. The van der Waals surface area contributed by atoms with Gasteiger partial charge in [-0.05, 0) is 24.2 Å². The zero-order chi connectivity index (χ0) is 15.5. The molecule has 0 nitrogen and oxygen atoms in total. The molecule has 2 rings (SSSR count). The summed E-state index contributed by atoms with van der Waals surface area (Å²) in [7, 11) is 0. The second-order valence-corrected chi connectivity index (χ2v) is 8.37. The summed E-state index contributed by atoms with van der Waals surface area (Å²) in [6.45, 7) is 2.36. The molecule has 0 aliphatic heterocycles. The maximum Gasteiger partial charge on any atom is -0.0357 e. The molecule has 2 fully saturated rings. The Hall–Kier alpha value is 0. The molecule has 0 aromatic rings. The minimum Gasteiger partial charge on any atom is -0.0654 e. The Kier molecular flexibility index (Phi) is 9.61. The van der Waals surface area contributed by atoms with Gasteiger partial charge in [0, 0.05) is 0 Å². The van der Waals surface area contributed by atoms with Gasteiger partial charge in [-0.15, -0.1) is 0 Å². The molecule has 0 saturated heterocycles. The molecule has 0 spiro atoms. The molecule has 0 aromatic carbocycles. The van der Waals surface area contributed by atoms with Crippen molar-refractivity contribution in [2.75, 3.05) is 0 Å². The maximum absolute atomic E-state index is 2.36. The van der Waals surface area contributed by atoms with Crippen LogP contribution in [-0.2, 0) is 0 Å². The summed E-state index contributed by atoms with van der Waals surface area (Å²) < 4.78 is 0. The van der Waals surface area contributed by atoms with E-state index in [9.17, 15) is 0 Å². The molecule has 0 atom stereocenters. The summed E-state index contributed by atoms with van der Waals surface area (Å²) in [5.74, 6) is 3.26. The third kappa shape index (κ3) is 6.63. The van der Waals surface area contributed by atoms with Gasteiger partial charge < -0.3 is 0 Å². The van der Waals surface area contributed by atoms with Gasteiger partial charge in [-0.2, -0.15) is 0 Å². The number of unbranched alkanes of at least 4 members (excludes halogenated alkanes) is 2. The normalized spacial score (nSPS) is 23.7. The van der Waals surface area contributed by atoms with Crippen molar-refractivity contribution in [1.82, 2.24) is 0 Å². The highest BCUT2D eigenvalue weighted by molar-refractivity contribution is 4.80. The molecule has 0 bridgehead atoms. The summed E-state index contributed by atoms with van der Waals surface area (Å²) in [5, 5.41) is 0. The standard InChI is InChI=1S/C22H42/c1-2-3-10-19-22(20-15-11-6-4-7-12-16-20)21-17-13-8-5-9-14-18-21/h20-22H,2-19H2,1H3. The van der Waals surface area contributed by atoms with Gasteiger partial charge in [-0.1, -0.05) is 116 Å². The second kappa shape index (κ2) is 11.5. The van der Waals surface area contributed by atoms with Crippen LogP contribution in [0.3, 0.4) is 0 Å². The molecule has 22 heavy (non-hydrogen) atoms. The van der Waals surface area contributed by atoms with Crippen LogP contribution in [0.5, 0.6) is 0 Å². The fraction of sp³-hybridized carbons (Fsp3) is 1.00. The Bertz CT molecular complexity index is 219. The van der Waals surface area contributed by atoms with Crippen LogP contribution in [0.1, 0.15) is 122 Å². The molecule has 0 aromatic heterocycles. The highest BCUT2D eigenvalue weighted by Gasteiger charge is 2.29. The van der Waals surface area contributed by atoms with E-state index >= 15 is 0 Å². The van der Waals surface area contributed by atoms with Crippen molar-refractivity contribution in [1.29, 1.82) is 0 Å². The molecule has 0 N–H and O–H groups in total. The van der Waals surface area contributed by atoms with E-state index in [1.54, 1.807) is 32.1 Å². The average Bonchev–Trinajstić information content (AvgIpc) is 2.45. The van der Waals surface area contributed by atoms with Crippen LogP contribution in [0.2, 0.25) is 0 Å². The number of hydrogen-bond acceptors (Lipinski definition) is 0. The van der Waals surface area contributed by atoms with Crippen LogP contribution in [-0.4, -0.2) is 0 Å². The van der Waals surface area contributed by atoms with Gasteiger partial charge in [0.1, 0.15) is 0 Å². The first-order valence-corrected chi connectivity index (χ1v) is 10.9. The topological polar surface area (TPSA) is 0 Å². The maximum atomic E-state index is 2.36. The van der Waals surface area contributed by atoms with Gasteiger partial charge in [-0.3, -0.25) is 0 Å². The summed E-state index contributed by atoms with van der Waals surface area (Å²) in [6.07, 6.45) is 27.4. The average molecular weight is 307 g/mol. The predicted octanol–water partition coefficient (Wildman–Crippen LogP) is 7.90. The number of rotatable bonds is 6. The van der Waals surface area contributed by atoms with Crippen molar-refractivity contribution in [3.05, 3.63) is 0 Å². The molecule has 2 aliphatic carbocycles.